The molecule has 3 N–H and O–H groups in total. The molecule has 1 saturated heterocycles. The van der Waals surface area contributed by atoms with Gasteiger partial charge in [-0.1, -0.05) is 6.07 Å². The molecule has 0 saturated carbocycles. The van der Waals surface area contributed by atoms with E-state index < -0.39 is 0 Å². The van der Waals surface area contributed by atoms with Crippen molar-refractivity contribution in [2.45, 2.75) is 32.1 Å². The molecular weight excluding hydrogens is 290 g/mol. The smallest absolute Gasteiger partial charge is 0.226 e. The summed E-state index contributed by atoms with van der Waals surface area (Å²) < 4.78 is 0. The van der Waals surface area contributed by atoms with E-state index in [0.717, 1.165) is 30.8 Å². The number of rotatable bonds is 5. The maximum Gasteiger partial charge on any atom is 0.226 e. The molecule has 0 bridgehead atoms. The molecule has 1 aliphatic heterocycles. The molecule has 2 rings (SSSR count). The summed E-state index contributed by atoms with van der Waals surface area (Å²) in [5, 5.41) is 2.84. The van der Waals surface area contributed by atoms with E-state index in [1.165, 1.54) is 0 Å². The second kappa shape index (κ2) is 8.64. The largest absolute Gasteiger partial charge is 0.330 e. The third-order valence-corrected chi connectivity index (χ3v) is 3.37. The van der Waals surface area contributed by atoms with Crippen LogP contribution in [0.25, 0.3) is 0 Å². The van der Waals surface area contributed by atoms with E-state index in [0.29, 0.717) is 25.8 Å². The van der Waals surface area contributed by atoms with Gasteiger partial charge >= 0.3 is 0 Å². The molecule has 2 amide bonds. The number of halogens is 1. The second-order valence-corrected chi connectivity index (χ2v) is 4.99. The predicted molar refractivity (Wildman–Crippen MR) is 86.8 cm³/mol. The summed E-state index contributed by atoms with van der Waals surface area (Å²) >= 11 is 0. The first-order valence-electron chi connectivity index (χ1n) is 7.11. The molecule has 0 radical (unpaired) electrons. The number of carbonyl (C=O) groups is 2. The third-order valence-electron chi connectivity index (χ3n) is 3.37. The van der Waals surface area contributed by atoms with Crippen LogP contribution >= 0.6 is 12.4 Å². The number of nitrogens with zero attached hydrogens (tertiary/aromatic N) is 1. The number of nitrogens with one attached hydrogen (secondary N) is 1. The fraction of sp³-hybridized carbons (Fsp3) is 0.467. The zero-order valence-corrected chi connectivity index (χ0v) is 12.8. The van der Waals surface area contributed by atoms with Crippen molar-refractivity contribution in [2.24, 2.45) is 5.73 Å². The number of anilines is 2. The number of piperidine rings is 1. The van der Waals surface area contributed by atoms with Gasteiger partial charge < -0.3 is 16.0 Å². The van der Waals surface area contributed by atoms with Gasteiger partial charge in [-0.05, 0) is 44.0 Å². The molecule has 1 heterocycles. The molecule has 6 heteroatoms. The zero-order valence-electron chi connectivity index (χ0n) is 12.0. The summed E-state index contributed by atoms with van der Waals surface area (Å²) in [5.74, 6) is 0.112. The molecule has 5 nitrogen and oxygen atoms in total. The van der Waals surface area contributed by atoms with Gasteiger partial charge in [-0.2, -0.15) is 0 Å². The molecule has 1 aromatic rings. The summed E-state index contributed by atoms with van der Waals surface area (Å²) in [7, 11) is 0. The van der Waals surface area contributed by atoms with Gasteiger partial charge in [-0.15, -0.1) is 12.4 Å². The lowest BCUT2D eigenvalue weighted by molar-refractivity contribution is -0.119. The van der Waals surface area contributed by atoms with Crippen molar-refractivity contribution in [1.29, 1.82) is 0 Å². The van der Waals surface area contributed by atoms with Crippen LogP contribution in [0.4, 0.5) is 11.4 Å². The van der Waals surface area contributed by atoms with E-state index in [4.69, 9.17) is 5.73 Å². The average molecular weight is 312 g/mol. The Morgan fingerprint density at radius 3 is 2.86 bits per heavy atom. The molecule has 1 aromatic carbocycles. The van der Waals surface area contributed by atoms with Crippen molar-refractivity contribution in [3.8, 4) is 0 Å². The molecule has 116 valence electrons. The molecule has 21 heavy (non-hydrogen) atoms. The molecule has 0 atom stereocenters. The van der Waals surface area contributed by atoms with Crippen molar-refractivity contribution < 1.29 is 9.59 Å². The van der Waals surface area contributed by atoms with Crippen molar-refractivity contribution in [2.75, 3.05) is 23.3 Å². The van der Waals surface area contributed by atoms with Crippen molar-refractivity contribution in [1.82, 2.24) is 0 Å². The van der Waals surface area contributed by atoms with Gasteiger partial charge in [0, 0.05) is 30.8 Å². The molecule has 0 spiro atoms. The summed E-state index contributed by atoms with van der Waals surface area (Å²) in [5.41, 5.74) is 6.96. The van der Waals surface area contributed by atoms with Gasteiger partial charge in [0.1, 0.15) is 0 Å². The quantitative estimate of drug-likeness (QED) is 0.876. The number of amides is 2. The lowest BCUT2D eigenvalue weighted by Gasteiger charge is -2.27. The monoisotopic (exact) mass is 311 g/mol. The molecule has 0 aliphatic carbocycles. The van der Waals surface area contributed by atoms with Gasteiger partial charge in [-0.3, -0.25) is 9.59 Å². The summed E-state index contributed by atoms with van der Waals surface area (Å²) in [6, 6.07) is 7.44. The maximum absolute atomic E-state index is 11.9. The van der Waals surface area contributed by atoms with E-state index in [1.807, 2.05) is 24.3 Å². The first kappa shape index (κ1) is 17.5. The van der Waals surface area contributed by atoms with Gasteiger partial charge in [-0.25, -0.2) is 0 Å². The van der Waals surface area contributed by atoms with Crippen LogP contribution in [0, 0.1) is 0 Å². The minimum absolute atomic E-state index is 0. The van der Waals surface area contributed by atoms with Crippen molar-refractivity contribution in [3.05, 3.63) is 24.3 Å². The van der Waals surface area contributed by atoms with Crippen LogP contribution in [0.5, 0.6) is 0 Å². The van der Waals surface area contributed by atoms with Crippen LogP contribution in [0.2, 0.25) is 0 Å². The first-order chi connectivity index (χ1) is 9.70. The lowest BCUT2D eigenvalue weighted by Crippen LogP contribution is -2.35. The maximum atomic E-state index is 11.9. The Morgan fingerprint density at radius 2 is 2.14 bits per heavy atom. The number of hydrogen-bond donors (Lipinski definition) is 2. The van der Waals surface area contributed by atoms with Gasteiger partial charge in [0.15, 0.2) is 0 Å². The summed E-state index contributed by atoms with van der Waals surface area (Å²) in [6.45, 7) is 1.26. The van der Waals surface area contributed by atoms with Crippen LogP contribution in [0.3, 0.4) is 0 Å². The minimum atomic E-state index is -0.0439. The van der Waals surface area contributed by atoms with E-state index in [9.17, 15) is 9.59 Å². The Morgan fingerprint density at radius 1 is 1.33 bits per heavy atom. The fourth-order valence-electron chi connectivity index (χ4n) is 2.32. The van der Waals surface area contributed by atoms with Crippen LogP contribution in [-0.2, 0) is 9.59 Å². The number of benzene rings is 1. The Bertz CT molecular complexity index is 494. The predicted octanol–water partition coefficient (Wildman–Crippen LogP) is 2.30. The summed E-state index contributed by atoms with van der Waals surface area (Å²) in [4.78, 5) is 25.4. The summed E-state index contributed by atoms with van der Waals surface area (Å²) in [6.07, 6.45) is 3.69. The molecule has 0 unspecified atom stereocenters. The van der Waals surface area contributed by atoms with E-state index in [2.05, 4.69) is 5.32 Å². The van der Waals surface area contributed by atoms with E-state index in [-0.39, 0.29) is 24.2 Å². The lowest BCUT2D eigenvalue weighted by atomic mass is 10.1. The van der Waals surface area contributed by atoms with E-state index in [1.54, 1.807) is 4.90 Å². The number of nitrogens with two attached hydrogens (primary N) is 1. The highest BCUT2D eigenvalue weighted by molar-refractivity contribution is 5.96. The van der Waals surface area contributed by atoms with Crippen LogP contribution in [0.15, 0.2) is 24.3 Å². The number of carbonyl (C=O) groups excluding carboxylic acids is 2. The standard InChI is InChI=1S/C15H21N3O2.ClH/c16-9-4-7-14(19)17-12-5-3-6-13(11-12)18-10-2-1-8-15(18)20;/h3,5-6,11H,1-2,4,7-10,16H2,(H,17,19);1H. The van der Waals surface area contributed by atoms with Gasteiger partial charge in [0.25, 0.3) is 0 Å². The highest BCUT2D eigenvalue weighted by atomic mass is 35.5. The Hall–Kier alpha value is -1.59. The van der Waals surface area contributed by atoms with E-state index >= 15 is 0 Å². The van der Waals surface area contributed by atoms with Gasteiger partial charge in [0.2, 0.25) is 11.8 Å². The molecule has 1 fully saturated rings. The second-order valence-electron chi connectivity index (χ2n) is 4.99. The van der Waals surface area contributed by atoms with Crippen molar-refractivity contribution in [3.63, 3.8) is 0 Å². The average Bonchev–Trinajstić information content (AvgIpc) is 2.46. The first-order valence-corrected chi connectivity index (χ1v) is 7.11. The zero-order chi connectivity index (χ0) is 14.4. The topological polar surface area (TPSA) is 75.4 Å². The SMILES string of the molecule is Cl.NCCCC(=O)Nc1cccc(N2CCCCC2=O)c1. The Balaban J connectivity index is 0.00000220. The molecule has 0 aromatic heterocycles. The molecule has 1 aliphatic rings. The highest BCUT2D eigenvalue weighted by Gasteiger charge is 2.19. The highest BCUT2D eigenvalue weighted by Crippen LogP contribution is 2.23. The van der Waals surface area contributed by atoms with Crippen LogP contribution in [0.1, 0.15) is 32.1 Å². The van der Waals surface area contributed by atoms with Gasteiger partial charge in [0.05, 0.1) is 0 Å². The Labute approximate surface area is 131 Å². The minimum Gasteiger partial charge on any atom is -0.330 e. The van der Waals surface area contributed by atoms with Crippen LogP contribution < -0.4 is 16.0 Å². The fourth-order valence-corrected chi connectivity index (χ4v) is 2.32. The Kier molecular flexibility index (Phi) is 7.19. The van der Waals surface area contributed by atoms with Crippen LogP contribution in [-0.4, -0.2) is 24.9 Å². The molecular formula is C15H22ClN3O2. The normalized spacial score (nSPS) is 14.5. The van der Waals surface area contributed by atoms with Crippen molar-refractivity contribution >= 4 is 35.6 Å². The third kappa shape index (κ3) is 5.02. The number of hydrogen-bond acceptors (Lipinski definition) is 3.